The highest BCUT2D eigenvalue weighted by molar-refractivity contribution is 5.74. The summed E-state index contributed by atoms with van der Waals surface area (Å²) in [5.41, 5.74) is 1.96. The maximum absolute atomic E-state index is 8.47. The molecule has 0 aromatic carbocycles. The van der Waals surface area contributed by atoms with E-state index in [0.717, 1.165) is 11.0 Å². The molecule has 0 unspecified atom stereocenters. The molecular formula is C7H4N4. The first-order valence-electron chi connectivity index (χ1n) is 3.11. The molecule has 4 heteroatoms. The van der Waals surface area contributed by atoms with Crippen molar-refractivity contribution in [2.45, 2.75) is 0 Å². The van der Waals surface area contributed by atoms with Gasteiger partial charge < -0.3 is 4.98 Å². The second-order valence-electron chi connectivity index (χ2n) is 2.12. The fourth-order valence-electron chi connectivity index (χ4n) is 0.905. The van der Waals surface area contributed by atoms with Crippen molar-refractivity contribution < 1.29 is 0 Å². The summed E-state index contributed by atoms with van der Waals surface area (Å²) >= 11 is 0. The maximum atomic E-state index is 8.47. The molecule has 1 N–H and O–H groups in total. The molecule has 0 saturated carbocycles. The Morgan fingerprint density at radius 2 is 2.36 bits per heavy atom. The lowest BCUT2D eigenvalue weighted by Gasteiger charge is -1.86. The smallest absolute Gasteiger partial charge is 0.165 e. The summed E-state index contributed by atoms with van der Waals surface area (Å²) in [6.07, 6.45) is 1.76. The molecular weight excluding hydrogens is 140 g/mol. The average Bonchev–Trinajstić information content (AvgIpc) is 2.50. The summed E-state index contributed by atoms with van der Waals surface area (Å²) in [6.45, 7) is 0. The molecule has 2 heterocycles. The van der Waals surface area contributed by atoms with Crippen molar-refractivity contribution in [3.05, 3.63) is 24.0 Å². The maximum Gasteiger partial charge on any atom is 0.165 e. The van der Waals surface area contributed by atoms with E-state index in [0.29, 0.717) is 5.69 Å². The SMILES string of the molecule is N#Cc1cc2[nH]ccc2nn1. The van der Waals surface area contributed by atoms with Gasteiger partial charge in [0.1, 0.15) is 11.6 Å². The summed E-state index contributed by atoms with van der Waals surface area (Å²) in [5, 5.41) is 15.9. The third kappa shape index (κ3) is 0.829. The van der Waals surface area contributed by atoms with Crippen molar-refractivity contribution in [1.29, 1.82) is 5.26 Å². The van der Waals surface area contributed by atoms with Gasteiger partial charge in [0.25, 0.3) is 0 Å². The van der Waals surface area contributed by atoms with Crippen LogP contribution in [0.2, 0.25) is 0 Å². The number of hydrogen-bond acceptors (Lipinski definition) is 3. The molecule has 0 spiro atoms. The van der Waals surface area contributed by atoms with E-state index in [4.69, 9.17) is 5.26 Å². The first-order valence-corrected chi connectivity index (χ1v) is 3.11. The molecule has 11 heavy (non-hydrogen) atoms. The number of rotatable bonds is 0. The zero-order valence-corrected chi connectivity index (χ0v) is 5.57. The fourth-order valence-corrected chi connectivity index (χ4v) is 0.905. The van der Waals surface area contributed by atoms with Crippen LogP contribution < -0.4 is 0 Å². The Kier molecular flexibility index (Phi) is 1.10. The second kappa shape index (κ2) is 2.06. The van der Waals surface area contributed by atoms with Gasteiger partial charge in [-0.15, -0.1) is 10.2 Å². The van der Waals surface area contributed by atoms with Crippen LogP contribution in [0.4, 0.5) is 0 Å². The van der Waals surface area contributed by atoms with Crippen molar-refractivity contribution >= 4 is 11.0 Å². The molecule has 2 aromatic rings. The monoisotopic (exact) mass is 144 g/mol. The van der Waals surface area contributed by atoms with E-state index >= 15 is 0 Å². The molecule has 0 bridgehead atoms. The van der Waals surface area contributed by atoms with E-state index in [-0.39, 0.29) is 0 Å². The Morgan fingerprint density at radius 3 is 3.18 bits per heavy atom. The number of H-pyrrole nitrogens is 1. The van der Waals surface area contributed by atoms with Gasteiger partial charge in [-0.2, -0.15) is 5.26 Å². The molecule has 0 aliphatic rings. The first-order chi connectivity index (χ1) is 5.40. The van der Waals surface area contributed by atoms with Gasteiger partial charge in [0.2, 0.25) is 0 Å². The van der Waals surface area contributed by atoms with Crippen LogP contribution in [0.5, 0.6) is 0 Å². The summed E-state index contributed by atoms with van der Waals surface area (Å²) in [7, 11) is 0. The normalized spacial score (nSPS) is 9.73. The molecule has 0 fully saturated rings. The van der Waals surface area contributed by atoms with Crippen LogP contribution in [0.1, 0.15) is 5.69 Å². The van der Waals surface area contributed by atoms with Crippen molar-refractivity contribution in [3.8, 4) is 6.07 Å². The summed E-state index contributed by atoms with van der Waals surface area (Å²) in [5.74, 6) is 0. The molecule has 0 saturated heterocycles. The van der Waals surface area contributed by atoms with Crippen LogP contribution in [-0.4, -0.2) is 15.2 Å². The fraction of sp³-hybridized carbons (Fsp3) is 0. The van der Waals surface area contributed by atoms with E-state index in [1.54, 1.807) is 12.3 Å². The highest BCUT2D eigenvalue weighted by Crippen LogP contribution is 2.07. The van der Waals surface area contributed by atoms with Crippen molar-refractivity contribution in [2.24, 2.45) is 0 Å². The molecule has 0 radical (unpaired) electrons. The molecule has 0 aliphatic heterocycles. The van der Waals surface area contributed by atoms with Gasteiger partial charge in [0, 0.05) is 12.3 Å². The average molecular weight is 144 g/mol. The number of aromatic amines is 1. The lowest BCUT2D eigenvalue weighted by atomic mass is 10.3. The van der Waals surface area contributed by atoms with Crippen LogP contribution in [0.3, 0.4) is 0 Å². The minimum Gasteiger partial charge on any atom is -0.360 e. The molecule has 2 rings (SSSR count). The number of nitriles is 1. The number of fused-ring (bicyclic) bond motifs is 1. The lowest BCUT2D eigenvalue weighted by molar-refractivity contribution is 1.05. The quantitative estimate of drug-likeness (QED) is 0.595. The summed E-state index contributed by atoms with van der Waals surface area (Å²) < 4.78 is 0. The van der Waals surface area contributed by atoms with E-state index < -0.39 is 0 Å². The zero-order valence-electron chi connectivity index (χ0n) is 5.57. The standard InChI is InChI=1S/C7H4N4/c8-4-5-3-7-6(11-10-5)1-2-9-7/h1-3,9H. The minimum atomic E-state index is 0.333. The molecule has 0 atom stereocenters. The lowest BCUT2D eigenvalue weighted by Crippen LogP contribution is -1.85. The minimum absolute atomic E-state index is 0.333. The van der Waals surface area contributed by atoms with Gasteiger partial charge >= 0.3 is 0 Å². The van der Waals surface area contributed by atoms with Crippen molar-refractivity contribution in [2.75, 3.05) is 0 Å². The van der Waals surface area contributed by atoms with Gasteiger partial charge in [0.05, 0.1) is 5.52 Å². The number of hydrogen-bond donors (Lipinski definition) is 1. The number of nitrogens with zero attached hydrogens (tertiary/aromatic N) is 3. The highest BCUT2D eigenvalue weighted by atomic mass is 15.1. The van der Waals surface area contributed by atoms with E-state index in [9.17, 15) is 0 Å². The Labute approximate surface area is 62.5 Å². The molecule has 0 aliphatic carbocycles. The largest absolute Gasteiger partial charge is 0.360 e. The second-order valence-corrected chi connectivity index (χ2v) is 2.12. The molecule has 0 amide bonds. The van der Waals surface area contributed by atoms with Crippen LogP contribution in [0.25, 0.3) is 11.0 Å². The summed E-state index contributed by atoms with van der Waals surface area (Å²) in [4.78, 5) is 2.94. The van der Waals surface area contributed by atoms with Gasteiger partial charge in [0.15, 0.2) is 5.69 Å². The van der Waals surface area contributed by atoms with Gasteiger partial charge in [-0.25, -0.2) is 0 Å². The van der Waals surface area contributed by atoms with Crippen molar-refractivity contribution in [1.82, 2.24) is 15.2 Å². The highest BCUT2D eigenvalue weighted by Gasteiger charge is 1.97. The van der Waals surface area contributed by atoms with Gasteiger partial charge in [-0.05, 0) is 6.07 Å². The van der Waals surface area contributed by atoms with Crippen LogP contribution in [-0.2, 0) is 0 Å². The Bertz CT molecular complexity index is 423. The van der Waals surface area contributed by atoms with E-state index in [1.807, 2.05) is 12.1 Å². The predicted molar refractivity (Wildman–Crippen MR) is 38.6 cm³/mol. The van der Waals surface area contributed by atoms with Gasteiger partial charge in [-0.1, -0.05) is 0 Å². The first kappa shape index (κ1) is 5.86. The van der Waals surface area contributed by atoms with E-state index in [2.05, 4.69) is 15.2 Å². The third-order valence-electron chi connectivity index (χ3n) is 1.42. The molecule has 52 valence electrons. The number of aromatic nitrogens is 3. The zero-order chi connectivity index (χ0) is 7.68. The molecule has 4 nitrogen and oxygen atoms in total. The van der Waals surface area contributed by atoms with Crippen molar-refractivity contribution in [3.63, 3.8) is 0 Å². The topological polar surface area (TPSA) is 65.4 Å². The Hall–Kier alpha value is -1.89. The predicted octanol–water partition coefficient (Wildman–Crippen LogP) is 0.830. The molecule has 2 aromatic heterocycles. The van der Waals surface area contributed by atoms with Crippen LogP contribution in [0.15, 0.2) is 18.3 Å². The van der Waals surface area contributed by atoms with E-state index in [1.165, 1.54) is 0 Å². The number of nitrogens with one attached hydrogen (secondary N) is 1. The third-order valence-corrected chi connectivity index (χ3v) is 1.42. The van der Waals surface area contributed by atoms with Crippen LogP contribution in [0, 0.1) is 11.3 Å². The van der Waals surface area contributed by atoms with Crippen LogP contribution >= 0.6 is 0 Å². The van der Waals surface area contributed by atoms with Gasteiger partial charge in [-0.3, -0.25) is 0 Å². The Balaban J connectivity index is 2.79. The Morgan fingerprint density at radius 1 is 1.45 bits per heavy atom. The summed E-state index contributed by atoms with van der Waals surface area (Å²) in [6, 6.07) is 5.39.